The normalized spacial score (nSPS) is 21.2. The summed E-state index contributed by atoms with van der Waals surface area (Å²) in [7, 11) is 1.21. The Bertz CT molecular complexity index is 1130. The zero-order valence-electron chi connectivity index (χ0n) is 17.6. The topological polar surface area (TPSA) is 73.8 Å². The first-order valence-electron chi connectivity index (χ1n) is 10.7. The number of benzene rings is 2. The van der Waals surface area contributed by atoms with Gasteiger partial charge in [-0.3, -0.25) is 0 Å². The number of nitrogens with one attached hydrogen (secondary N) is 2. The van der Waals surface area contributed by atoms with Crippen LogP contribution in [0.3, 0.4) is 0 Å². The maximum absolute atomic E-state index is 13.5. The van der Waals surface area contributed by atoms with Gasteiger partial charge >= 0.3 is 6.03 Å². The molecule has 0 radical (unpaired) electrons. The molecule has 0 spiro atoms. The van der Waals surface area contributed by atoms with Crippen molar-refractivity contribution in [1.29, 1.82) is 0 Å². The van der Waals surface area contributed by atoms with Gasteiger partial charge in [0.25, 0.3) is 0 Å². The first-order valence-corrected chi connectivity index (χ1v) is 12.4. The summed E-state index contributed by atoms with van der Waals surface area (Å²) in [5.74, 6) is 0.173. The third kappa shape index (κ3) is 3.40. The summed E-state index contributed by atoms with van der Waals surface area (Å²) >= 11 is 0. The zero-order valence-corrected chi connectivity index (χ0v) is 18.4. The average Bonchev–Trinajstić information content (AvgIpc) is 3.40. The van der Waals surface area contributed by atoms with Crippen molar-refractivity contribution in [3.63, 3.8) is 0 Å². The molecular formula is C23H28N4O2S. The minimum atomic E-state index is -2.82. The molecule has 5 rings (SSSR count). The van der Waals surface area contributed by atoms with E-state index in [0.717, 1.165) is 62.0 Å². The first kappa shape index (κ1) is 19.6. The van der Waals surface area contributed by atoms with E-state index in [4.69, 9.17) is 0 Å². The molecule has 2 amide bonds. The zero-order chi connectivity index (χ0) is 20.9. The fraction of sp³-hybridized carbons (Fsp3) is 0.435. The lowest BCUT2D eigenvalue weighted by Crippen LogP contribution is -2.15. The molecule has 3 aliphatic rings. The molecule has 2 aromatic carbocycles. The average molecular weight is 425 g/mol. The van der Waals surface area contributed by atoms with Gasteiger partial charge < -0.3 is 15.5 Å². The van der Waals surface area contributed by atoms with Crippen LogP contribution in [0.5, 0.6) is 0 Å². The van der Waals surface area contributed by atoms with E-state index < -0.39 is 15.8 Å². The van der Waals surface area contributed by atoms with Crippen LogP contribution in [0, 0.1) is 0 Å². The molecule has 2 aromatic rings. The lowest BCUT2D eigenvalue weighted by atomic mass is 9.99. The molecule has 0 fully saturated rings. The van der Waals surface area contributed by atoms with Crippen molar-refractivity contribution in [3.8, 4) is 0 Å². The van der Waals surface area contributed by atoms with Crippen LogP contribution < -0.4 is 10.6 Å². The Hall–Kier alpha value is -2.38. The molecule has 0 bridgehead atoms. The van der Waals surface area contributed by atoms with Gasteiger partial charge in [0, 0.05) is 12.2 Å². The molecule has 2 aliphatic carbocycles. The smallest absolute Gasteiger partial charge is 0.353 e. The molecule has 2 N–H and O–H groups in total. The Balaban J connectivity index is 1.45. The highest BCUT2D eigenvalue weighted by molar-refractivity contribution is 7.94. The van der Waals surface area contributed by atoms with Gasteiger partial charge in [0.2, 0.25) is 0 Å². The Morgan fingerprint density at radius 1 is 1.10 bits per heavy atom. The number of hydrogen-bond acceptors (Lipinski definition) is 4. The molecular weight excluding hydrogens is 396 g/mol. The quantitative estimate of drug-likeness (QED) is 0.776. The third-order valence-corrected chi connectivity index (χ3v) is 8.32. The maximum atomic E-state index is 13.5. The van der Waals surface area contributed by atoms with E-state index in [9.17, 15) is 9.00 Å². The molecule has 6 nitrogen and oxygen atoms in total. The molecule has 0 saturated carbocycles. The van der Waals surface area contributed by atoms with Gasteiger partial charge in [-0.15, -0.1) is 4.36 Å². The van der Waals surface area contributed by atoms with Crippen LogP contribution in [-0.2, 0) is 42.0 Å². The van der Waals surface area contributed by atoms with Gasteiger partial charge in [-0.1, -0.05) is 12.1 Å². The minimum Gasteiger partial charge on any atom is -0.372 e. The number of urea groups is 1. The first-order chi connectivity index (χ1) is 14.4. The standard InChI is InChI=1S/C23H28N4O2S/c1-27(2)13-15-9-10-21-20(11-15)24-14-30(21,29)26-23(28)25-22-18-7-3-5-16(18)12-17-6-4-8-19(17)22/h9-12,24H,3-8,13-14H2,1-2H3,(H,25,28). The largest absolute Gasteiger partial charge is 0.372 e. The minimum absolute atomic E-state index is 0.173. The molecule has 1 atom stereocenters. The summed E-state index contributed by atoms with van der Waals surface area (Å²) in [5.41, 5.74) is 8.13. The third-order valence-electron chi connectivity index (χ3n) is 6.28. The maximum Gasteiger partial charge on any atom is 0.353 e. The van der Waals surface area contributed by atoms with Gasteiger partial charge in [-0.25, -0.2) is 9.00 Å². The van der Waals surface area contributed by atoms with E-state index in [1.165, 1.54) is 22.3 Å². The highest BCUT2D eigenvalue weighted by Gasteiger charge is 2.28. The highest BCUT2D eigenvalue weighted by atomic mass is 32.2. The summed E-state index contributed by atoms with van der Waals surface area (Å²) in [6, 6.07) is 7.66. The van der Waals surface area contributed by atoms with Crippen molar-refractivity contribution in [2.24, 2.45) is 4.36 Å². The van der Waals surface area contributed by atoms with Crippen LogP contribution in [0.2, 0.25) is 0 Å². The fourth-order valence-electron chi connectivity index (χ4n) is 5.02. The number of carbonyl (C=O) groups excluding carboxylic acids is 1. The Morgan fingerprint density at radius 3 is 2.47 bits per heavy atom. The van der Waals surface area contributed by atoms with Gasteiger partial charge in [0.1, 0.15) is 15.6 Å². The Kier molecular flexibility index (Phi) is 4.82. The number of rotatable bonds is 3. The number of fused-ring (bicyclic) bond motifs is 3. The second-order valence-electron chi connectivity index (χ2n) is 8.79. The number of amides is 2. The summed E-state index contributed by atoms with van der Waals surface area (Å²) in [6.45, 7) is 0.804. The second-order valence-corrected chi connectivity index (χ2v) is 11.0. The lowest BCUT2D eigenvalue weighted by Gasteiger charge is -2.15. The molecule has 1 heterocycles. The summed E-state index contributed by atoms with van der Waals surface area (Å²) in [6.07, 6.45) is 6.39. The SMILES string of the molecule is CN(C)Cc1ccc2c(c1)NCS2(=O)=NC(=O)Nc1c2c(cc3c1CCC3)CCC2. The van der Waals surface area contributed by atoms with Crippen molar-refractivity contribution in [2.45, 2.75) is 50.0 Å². The molecule has 7 heteroatoms. The van der Waals surface area contributed by atoms with Crippen LogP contribution in [0.1, 0.15) is 40.7 Å². The fourth-order valence-corrected chi connectivity index (χ4v) is 6.76. The van der Waals surface area contributed by atoms with E-state index >= 15 is 0 Å². The molecule has 158 valence electrons. The van der Waals surface area contributed by atoms with Crippen molar-refractivity contribution < 1.29 is 9.00 Å². The van der Waals surface area contributed by atoms with Gasteiger partial charge in [0.15, 0.2) is 0 Å². The van der Waals surface area contributed by atoms with Gasteiger partial charge in [0.05, 0.1) is 10.6 Å². The second kappa shape index (κ2) is 7.39. The van der Waals surface area contributed by atoms with Crippen LogP contribution in [0.15, 0.2) is 33.5 Å². The van der Waals surface area contributed by atoms with Crippen molar-refractivity contribution in [3.05, 3.63) is 52.1 Å². The van der Waals surface area contributed by atoms with E-state index in [-0.39, 0.29) is 5.88 Å². The summed E-state index contributed by atoms with van der Waals surface area (Å²) < 4.78 is 17.7. The van der Waals surface area contributed by atoms with Crippen molar-refractivity contribution in [1.82, 2.24) is 4.90 Å². The Labute approximate surface area is 178 Å². The Morgan fingerprint density at radius 2 is 1.80 bits per heavy atom. The van der Waals surface area contributed by atoms with E-state index in [1.807, 2.05) is 32.3 Å². The molecule has 0 saturated heterocycles. The predicted molar refractivity (Wildman–Crippen MR) is 121 cm³/mol. The molecule has 30 heavy (non-hydrogen) atoms. The number of carbonyl (C=O) groups is 1. The van der Waals surface area contributed by atoms with Crippen molar-refractivity contribution >= 4 is 27.1 Å². The monoisotopic (exact) mass is 424 g/mol. The van der Waals surface area contributed by atoms with Crippen LogP contribution in [-0.4, -0.2) is 35.1 Å². The summed E-state index contributed by atoms with van der Waals surface area (Å²) in [5, 5.41) is 6.23. The molecule has 0 aromatic heterocycles. The molecule has 1 aliphatic heterocycles. The number of anilines is 2. The van der Waals surface area contributed by atoms with Gasteiger partial charge in [-0.2, -0.15) is 0 Å². The highest BCUT2D eigenvalue weighted by Crippen LogP contribution is 2.39. The lowest BCUT2D eigenvalue weighted by molar-refractivity contribution is 0.260. The van der Waals surface area contributed by atoms with E-state index in [0.29, 0.717) is 4.90 Å². The number of nitrogens with zero attached hydrogens (tertiary/aromatic N) is 2. The van der Waals surface area contributed by atoms with Crippen LogP contribution >= 0.6 is 0 Å². The van der Waals surface area contributed by atoms with Crippen LogP contribution in [0.25, 0.3) is 0 Å². The number of aryl methyl sites for hydroxylation is 2. The van der Waals surface area contributed by atoms with Crippen LogP contribution in [0.4, 0.5) is 16.2 Å². The van der Waals surface area contributed by atoms with E-state index in [2.05, 4.69) is 26.0 Å². The molecule has 1 unspecified atom stereocenters. The summed E-state index contributed by atoms with van der Waals surface area (Å²) in [4.78, 5) is 15.6. The predicted octanol–water partition coefficient (Wildman–Crippen LogP) is 4.17. The van der Waals surface area contributed by atoms with Gasteiger partial charge in [-0.05, 0) is 92.6 Å². The van der Waals surface area contributed by atoms with Crippen molar-refractivity contribution in [2.75, 3.05) is 30.6 Å². The van der Waals surface area contributed by atoms with E-state index in [1.54, 1.807) is 0 Å². The number of hydrogen-bond donors (Lipinski definition) is 2.